The van der Waals surface area contributed by atoms with E-state index >= 15 is 0 Å². The van der Waals surface area contributed by atoms with Crippen LogP contribution in [0.2, 0.25) is 0 Å². The number of benzene rings is 1. The molecule has 6 aliphatic rings. The van der Waals surface area contributed by atoms with E-state index in [0.29, 0.717) is 11.8 Å². The quantitative estimate of drug-likeness (QED) is 0.212. The lowest BCUT2D eigenvalue weighted by Crippen LogP contribution is -2.16. The number of hydrogen-bond acceptors (Lipinski definition) is 4. The van der Waals surface area contributed by atoms with Crippen molar-refractivity contribution in [3.05, 3.63) is 200 Å². The molecule has 56 heavy (non-hydrogen) atoms. The Bertz CT molecular complexity index is 2470. The van der Waals surface area contributed by atoms with Gasteiger partial charge in [0.1, 0.15) is 5.82 Å². The van der Waals surface area contributed by atoms with Crippen LogP contribution in [0.5, 0.6) is 0 Å². The van der Waals surface area contributed by atoms with E-state index in [1.54, 1.807) is 9.15 Å². The molecule has 0 bridgehead atoms. The first-order valence-corrected chi connectivity index (χ1v) is 22.3. The Morgan fingerprint density at radius 2 is 1.29 bits per heavy atom. The first kappa shape index (κ1) is 36.5. The summed E-state index contributed by atoms with van der Waals surface area (Å²) in [4.78, 5) is 20.2. The second kappa shape index (κ2) is 16.5. The number of nitrogens with zero attached hydrogens (tertiary/aromatic N) is 4. The lowest BCUT2D eigenvalue weighted by atomic mass is 9.79. The van der Waals surface area contributed by atoms with Crippen LogP contribution in [0.15, 0.2) is 166 Å². The Kier molecular flexibility index (Phi) is 10.8. The summed E-state index contributed by atoms with van der Waals surface area (Å²) < 4.78 is 3.15. The third kappa shape index (κ3) is 7.79. The predicted molar refractivity (Wildman–Crippen MR) is 242 cm³/mol. The Balaban J connectivity index is 1.10. The van der Waals surface area contributed by atoms with Crippen LogP contribution in [0.3, 0.4) is 0 Å². The molecule has 3 aromatic rings. The minimum absolute atomic E-state index is 0.114. The monoisotopic (exact) mass is 842 g/mol. The van der Waals surface area contributed by atoms with Gasteiger partial charge in [-0.3, -0.25) is 4.98 Å². The smallest absolute Gasteiger partial charge is 0.163 e. The molecule has 2 aromatic heterocycles. The lowest BCUT2D eigenvalue weighted by Gasteiger charge is -2.31. The molecular formula is C51H47IN4. The molecule has 3 heterocycles. The van der Waals surface area contributed by atoms with Crippen molar-refractivity contribution in [2.45, 2.75) is 64.7 Å². The molecule has 5 heteroatoms. The number of aryl methyl sites for hydroxylation is 2. The van der Waals surface area contributed by atoms with E-state index in [2.05, 4.69) is 153 Å². The van der Waals surface area contributed by atoms with Gasteiger partial charge in [0.2, 0.25) is 0 Å². The Morgan fingerprint density at radius 3 is 1.98 bits per heavy atom. The van der Waals surface area contributed by atoms with E-state index in [1.165, 1.54) is 31.4 Å². The van der Waals surface area contributed by atoms with Crippen LogP contribution in [-0.4, -0.2) is 23.4 Å². The van der Waals surface area contributed by atoms with E-state index < -0.39 is 20.7 Å². The highest BCUT2D eigenvalue weighted by atomic mass is 127. The van der Waals surface area contributed by atoms with Crippen LogP contribution < -0.4 is 0 Å². The standard InChI is InChI=1S/C51H47IN4/c1-34-26-31-44(35(2)53-34)42-24-15-25-43(32-42)51-55-49(40-22-13-6-14-23-40)54-50(56-51)41-29-27-37(28-30-41)46-33-45(36-16-7-3-8-17-36)47(38-18-9-4-10-19-38)48(52-46)39-20-11-5-12-21-39/h3-9,11-14,16,18,20,22,25-33,36,39-40H,10,15,17,19,21,23-24H2,1-2H3. The maximum absolute atomic E-state index is 5.19. The zero-order valence-electron chi connectivity index (χ0n) is 32.2. The fourth-order valence-corrected chi connectivity index (χ4v) is 12.0. The molecule has 3 atom stereocenters. The Labute approximate surface area is 341 Å². The summed E-state index contributed by atoms with van der Waals surface area (Å²) in [7, 11) is 0. The number of halogens is 1. The second-order valence-corrected chi connectivity index (χ2v) is 18.1. The number of pyridine rings is 1. The maximum atomic E-state index is 5.19. The number of rotatable bonds is 8. The average Bonchev–Trinajstić information content (AvgIpc) is 3.27. The molecule has 0 N–H and O–H groups in total. The van der Waals surface area contributed by atoms with E-state index in [-0.39, 0.29) is 5.92 Å². The van der Waals surface area contributed by atoms with Crippen LogP contribution in [0.1, 0.15) is 85.0 Å². The van der Waals surface area contributed by atoms with Gasteiger partial charge in [-0.25, -0.2) is 15.0 Å². The summed E-state index contributed by atoms with van der Waals surface area (Å²) in [6, 6.07) is 13.4. The zero-order chi connectivity index (χ0) is 37.8. The van der Waals surface area contributed by atoms with Crippen LogP contribution >= 0.6 is 20.7 Å². The molecule has 0 fully saturated rings. The average molecular weight is 843 g/mol. The predicted octanol–water partition coefficient (Wildman–Crippen LogP) is 12.6. The SMILES string of the molecule is Cc1ccc(C2=CC(c3nc(-c4ccc(C5=IC(C6C=CC=CC6)=C(C6=CC=CCC6)C(C6C=CC=CC6)=C5)cc4)nc(C4C=CC=CC4)n3)=CCC2)c(C)n1. The van der Waals surface area contributed by atoms with Gasteiger partial charge in [-0.05, 0) is 110 Å². The molecule has 1 aromatic carbocycles. The highest BCUT2D eigenvalue weighted by Gasteiger charge is 2.29. The molecule has 278 valence electrons. The van der Waals surface area contributed by atoms with Crippen molar-refractivity contribution in [3.63, 3.8) is 0 Å². The van der Waals surface area contributed by atoms with Gasteiger partial charge < -0.3 is 0 Å². The van der Waals surface area contributed by atoms with Gasteiger partial charge in [0.05, 0.1) is 0 Å². The summed E-state index contributed by atoms with van der Waals surface area (Å²) in [5, 5.41) is 0. The van der Waals surface area contributed by atoms with Crippen LogP contribution in [0.4, 0.5) is 0 Å². The summed E-state index contributed by atoms with van der Waals surface area (Å²) in [5.41, 5.74) is 12.5. The minimum Gasteiger partial charge on any atom is -0.258 e. The molecule has 0 saturated carbocycles. The zero-order valence-corrected chi connectivity index (χ0v) is 34.4. The maximum Gasteiger partial charge on any atom is 0.163 e. The molecule has 3 unspecified atom stereocenters. The molecule has 4 nitrogen and oxygen atoms in total. The lowest BCUT2D eigenvalue weighted by molar-refractivity contribution is 0.755. The van der Waals surface area contributed by atoms with Crippen LogP contribution in [-0.2, 0) is 0 Å². The van der Waals surface area contributed by atoms with Crippen LogP contribution in [0.25, 0.3) is 22.5 Å². The van der Waals surface area contributed by atoms with E-state index in [0.717, 1.165) is 84.9 Å². The number of aromatic nitrogens is 4. The minimum atomic E-state index is -0.407. The molecule has 0 spiro atoms. The van der Waals surface area contributed by atoms with Crippen molar-refractivity contribution >= 4 is 35.4 Å². The van der Waals surface area contributed by atoms with Crippen molar-refractivity contribution in [2.75, 3.05) is 0 Å². The summed E-state index contributed by atoms with van der Waals surface area (Å²) in [6.07, 6.45) is 48.3. The van der Waals surface area contributed by atoms with Crippen molar-refractivity contribution in [3.8, 4) is 11.4 Å². The first-order valence-electron chi connectivity index (χ1n) is 20.1. The first-order chi connectivity index (χ1) is 27.6. The summed E-state index contributed by atoms with van der Waals surface area (Å²) in [5.74, 6) is 3.22. The van der Waals surface area contributed by atoms with E-state index in [4.69, 9.17) is 19.9 Å². The highest BCUT2D eigenvalue weighted by Crippen LogP contribution is 2.47. The largest absolute Gasteiger partial charge is 0.258 e. The topological polar surface area (TPSA) is 51.6 Å². The second-order valence-electron chi connectivity index (χ2n) is 15.3. The molecule has 1 aliphatic heterocycles. The van der Waals surface area contributed by atoms with Crippen molar-refractivity contribution in [2.24, 2.45) is 11.8 Å². The normalized spacial score (nSPS) is 23.0. The molecule has 9 rings (SSSR count). The molecule has 5 aliphatic carbocycles. The van der Waals surface area contributed by atoms with Gasteiger partial charge in [0, 0.05) is 47.4 Å². The molecular weight excluding hydrogens is 795 g/mol. The summed E-state index contributed by atoms with van der Waals surface area (Å²) in [6.45, 7) is 4.15. The van der Waals surface area contributed by atoms with Gasteiger partial charge in [-0.15, -0.1) is 0 Å². The Morgan fingerprint density at radius 1 is 0.589 bits per heavy atom. The van der Waals surface area contributed by atoms with Gasteiger partial charge >= 0.3 is 0 Å². The fraction of sp³-hybridized carbons (Fsp3) is 0.235. The van der Waals surface area contributed by atoms with Gasteiger partial charge in [-0.2, -0.15) is 0 Å². The third-order valence-corrected chi connectivity index (χ3v) is 14.8. The number of hydrogen-bond donors (Lipinski definition) is 0. The molecule has 0 amide bonds. The highest BCUT2D eigenvalue weighted by molar-refractivity contribution is 14.2. The number of allylic oxidation sites excluding steroid dienone is 24. The van der Waals surface area contributed by atoms with Gasteiger partial charge in [0.15, 0.2) is 11.6 Å². The van der Waals surface area contributed by atoms with Gasteiger partial charge in [0.25, 0.3) is 0 Å². The molecule has 0 saturated heterocycles. The van der Waals surface area contributed by atoms with Crippen molar-refractivity contribution in [1.82, 2.24) is 19.9 Å². The molecule has 0 radical (unpaired) electrons. The van der Waals surface area contributed by atoms with E-state index in [1.807, 2.05) is 6.92 Å². The van der Waals surface area contributed by atoms with Gasteiger partial charge in [-0.1, -0.05) is 148 Å². The van der Waals surface area contributed by atoms with Crippen LogP contribution in [0, 0.1) is 25.7 Å². The fourth-order valence-electron chi connectivity index (χ4n) is 8.41. The summed E-state index contributed by atoms with van der Waals surface area (Å²) >= 11 is -0.407. The van der Waals surface area contributed by atoms with Crippen molar-refractivity contribution in [1.29, 1.82) is 0 Å². The van der Waals surface area contributed by atoms with Crippen molar-refractivity contribution < 1.29 is 0 Å². The third-order valence-electron chi connectivity index (χ3n) is 11.4. The van der Waals surface area contributed by atoms with E-state index in [9.17, 15) is 0 Å². The Hall–Kier alpha value is -5.14.